The first-order valence-corrected chi connectivity index (χ1v) is 8.59. The summed E-state index contributed by atoms with van der Waals surface area (Å²) in [5.74, 6) is 0.933. The lowest BCUT2D eigenvalue weighted by Crippen LogP contribution is -1.78. The minimum absolute atomic E-state index is 0.460. The van der Waals surface area contributed by atoms with E-state index in [0.717, 1.165) is 11.1 Å². The fourth-order valence-corrected chi connectivity index (χ4v) is 2.72. The van der Waals surface area contributed by atoms with Crippen molar-refractivity contribution >= 4 is 23.8 Å². The first-order valence-electron chi connectivity index (χ1n) is 8.21. The summed E-state index contributed by atoms with van der Waals surface area (Å²) in [7, 11) is 0. The second-order valence-corrected chi connectivity index (χ2v) is 6.21. The molecule has 0 bridgehead atoms. The number of nitrogens with zero attached hydrogens (tertiary/aromatic N) is 2. The van der Waals surface area contributed by atoms with E-state index < -0.39 is 0 Å². The fraction of sp³-hybridized carbons (Fsp3) is 0. The zero-order valence-corrected chi connectivity index (χ0v) is 14.6. The van der Waals surface area contributed by atoms with Gasteiger partial charge in [-0.1, -0.05) is 66.2 Å². The third-order valence-electron chi connectivity index (χ3n) is 3.97. The topological polar surface area (TPSA) is 38.9 Å². The van der Waals surface area contributed by atoms with Crippen LogP contribution in [0.5, 0.6) is 0 Å². The number of aromatic nitrogens is 2. The number of hydrogen-bond donors (Lipinski definition) is 0. The van der Waals surface area contributed by atoms with E-state index in [1.165, 1.54) is 11.1 Å². The van der Waals surface area contributed by atoms with Crippen molar-refractivity contribution in [3.63, 3.8) is 0 Å². The van der Waals surface area contributed by atoms with Crippen LogP contribution in [0.15, 0.2) is 83.3 Å². The van der Waals surface area contributed by atoms with Gasteiger partial charge in [-0.05, 0) is 47.0 Å². The van der Waals surface area contributed by atoms with E-state index in [9.17, 15) is 0 Å². The summed E-state index contributed by atoms with van der Waals surface area (Å²) >= 11 is 5.89. The van der Waals surface area contributed by atoms with Gasteiger partial charge in [0.05, 0.1) is 0 Å². The number of rotatable bonds is 4. The highest BCUT2D eigenvalue weighted by molar-refractivity contribution is 6.30. The maximum Gasteiger partial charge on any atom is 0.248 e. The number of benzene rings is 3. The van der Waals surface area contributed by atoms with E-state index in [2.05, 4.69) is 46.6 Å². The van der Waals surface area contributed by atoms with Gasteiger partial charge in [-0.2, -0.15) is 0 Å². The number of halogens is 1. The lowest BCUT2D eigenvalue weighted by atomic mass is 10.0. The van der Waals surface area contributed by atoms with Crippen LogP contribution in [0.3, 0.4) is 0 Å². The lowest BCUT2D eigenvalue weighted by molar-refractivity contribution is 0.558. The molecular formula is C22H15ClN2O. The quantitative estimate of drug-likeness (QED) is 0.434. The summed E-state index contributed by atoms with van der Waals surface area (Å²) < 4.78 is 5.67. The molecule has 0 saturated heterocycles. The van der Waals surface area contributed by atoms with Crippen LogP contribution < -0.4 is 0 Å². The normalized spacial score (nSPS) is 11.1. The van der Waals surface area contributed by atoms with Crippen LogP contribution in [0.1, 0.15) is 11.5 Å². The zero-order valence-electron chi connectivity index (χ0n) is 13.8. The molecule has 3 aromatic carbocycles. The van der Waals surface area contributed by atoms with Crippen LogP contribution in [-0.4, -0.2) is 10.2 Å². The highest BCUT2D eigenvalue weighted by Crippen LogP contribution is 2.22. The summed E-state index contributed by atoms with van der Waals surface area (Å²) in [5.41, 5.74) is 4.29. The summed E-state index contributed by atoms with van der Waals surface area (Å²) in [6, 6.07) is 25.9. The van der Waals surface area contributed by atoms with Gasteiger partial charge in [0, 0.05) is 16.7 Å². The minimum Gasteiger partial charge on any atom is -0.417 e. The summed E-state index contributed by atoms with van der Waals surface area (Å²) in [5, 5.41) is 8.80. The molecule has 4 aromatic rings. The van der Waals surface area contributed by atoms with Gasteiger partial charge in [-0.3, -0.25) is 0 Å². The maximum atomic E-state index is 5.89. The molecule has 0 spiro atoms. The van der Waals surface area contributed by atoms with Crippen molar-refractivity contribution < 1.29 is 4.42 Å². The third-order valence-corrected chi connectivity index (χ3v) is 4.22. The zero-order chi connectivity index (χ0) is 17.8. The number of hydrogen-bond acceptors (Lipinski definition) is 3. The van der Waals surface area contributed by atoms with Gasteiger partial charge < -0.3 is 4.42 Å². The average Bonchev–Trinajstić information content (AvgIpc) is 3.17. The summed E-state index contributed by atoms with van der Waals surface area (Å²) in [6.45, 7) is 0. The van der Waals surface area contributed by atoms with Crippen molar-refractivity contribution in [2.24, 2.45) is 0 Å². The second-order valence-electron chi connectivity index (χ2n) is 5.77. The van der Waals surface area contributed by atoms with Crippen molar-refractivity contribution in [2.75, 3.05) is 0 Å². The molecule has 1 heterocycles. The molecule has 0 aliphatic rings. The summed E-state index contributed by atoms with van der Waals surface area (Å²) in [6.07, 6.45) is 3.76. The van der Waals surface area contributed by atoms with Crippen LogP contribution in [-0.2, 0) is 0 Å². The van der Waals surface area contributed by atoms with Gasteiger partial charge in [0.15, 0.2) is 0 Å². The molecule has 0 aliphatic carbocycles. The van der Waals surface area contributed by atoms with Crippen LogP contribution in [0.25, 0.3) is 34.7 Å². The van der Waals surface area contributed by atoms with Crippen molar-refractivity contribution in [1.82, 2.24) is 10.2 Å². The van der Waals surface area contributed by atoms with Crippen molar-refractivity contribution in [2.45, 2.75) is 0 Å². The van der Waals surface area contributed by atoms with E-state index >= 15 is 0 Å². The van der Waals surface area contributed by atoms with Gasteiger partial charge in [0.25, 0.3) is 0 Å². The first-order chi connectivity index (χ1) is 12.8. The maximum absolute atomic E-state index is 5.89. The van der Waals surface area contributed by atoms with Crippen LogP contribution in [0.2, 0.25) is 5.02 Å². The molecule has 3 nitrogen and oxygen atoms in total. The molecule has 0 aliphatic heterocycles. The van der Waals surface area contributed by atoms with Crippen molar-refractivity contribution in [3.8, 4) is 22.6 Å². The van der Waals surface area contributed by atoms with Crippen molar-refractivity contribution in [3.05, 3.63) is 95.3 Å². The molecule has 126 valence electrons. The Morgan fingerprint density at radius 2 is 1.31 bits per heavy atom. The minimum atomic E-state index is 0.460. The SMILES string of the molecule is Clc1ccc(-c2nnc(/C=C/c3ccc(-c4ccccc4)cc3)o2)cc1. The Morgan fingerprint density at radius 3 is 2.04 bits per heavy atom. The van der Waals surface area contributed by atoms with Gasteiger partial charge in [-0.25, -0.2) is 0 Å². The Labute approximate surface area is 156 Å². The molecule has 4 rings (SSSR count). The first kappa shape index (κ1) is 16.3. The molecule has 0 amide bonds. The highest BCUT2D eigenvalue weighted by atomic mass is 35.5. The van der Waals surface area contributed by atoms with E-state index in [1.54, 1.807) is 12.1 Å². The fourth-order valence-electron chi connectivity index (χ4n) is 2.60. The Bertz CT molecular complexity index is 1020. The largest absolute Gasteiger partial charge is 0.417 e. The molecule has 26 heavy (non-hydrogen) atoms. The predicted octanol–water partition coefficient (Wildman–Crippen LogP) is 6.23. The Kier molecular flexibility index (Phi) is 4.63. The average molecular weight is 359 g/mol. The summed E-state index contributed by atoms with van der Waals surface area (Å²) in [4.78, 5) is 0. The van der Waals surface area contributed by atoms with Gasteiger partial charge in [0.2, 0.25) is 11.8 Å². The Hall–Kier alpha value is -3.17. The highest BCUT2D eigenvalue weighted by Gasteiger charge is 2.06. The van der Waals surface area contributed by atoms with E-state index in [0.29, 0.717) is 16.8 Å². The molecule has 0 atom stereocenters. The second kappa shape index (κ2) is 7.38. The predicted molar refractivity (Wildman–Crippen MR) is 106 cm³/mol. The van der Waals surface area contributed by atoms with E-state index in [4.69, 9.17) is 16.0 Å². The van der Waals surface area contributed by atoms with E-state index in [-0.39, 0.29) is 0 Å². The molecule has 0 radical (unpaired) electrons. The van der Waals surface area contributed by atoms with Crippen molar-refractivity contribution in [1.29, 1.82) is 0 Å². The van der Waals surface area contributed by atoms with Crippen LogP contribution >= 0.6 is 11.6 Å². The van der Waals surface area contributed by atoms with Crippen LogP contribution in [0.4, 0.5) is 0 Å². The third kappa shape index (κ3) is 3.73. The monoisotopic (exact) mass is 358 g/mol. The molecule has 0 fully saturated rings. The van der Waals surface area contributed by atoms with Gasteiger partial charge in [0.1, 0.15) is 0 Å². The molecular weight excluding hydrogens is 344 g/mol. The smallest absolute Gasteiger partial charge is 0.248 e. The Balaban J connectivity index is 1.49. The van der Waals surface area contributed by atoms with Gasteiger partial charge >= 0.3 is 0 Å². The van der Waals surface area contributed by atoms with Crippen LogP contribution in [0, 0.1) is 0 Å². The molecule has 0 N–H and O–H groups in total. The standard InChI is InChI=1S/C22H15ClN2O/c23-20-13-11-19(12-14-20)22-25-24-21(26-22)15-8-16-6-9-18(10-7-16)17-4-2-1-3-5-17/h1-15H/b15-8+. The molecule has 4 heteroatoms. The van der Waals surface area contributed by atoms with E-state index in [1.807, 2.05) is 42.5 Å². The lowest BCUT2D eigenvalue weighted by Gasteiger charge is -2.01. The van der Waals surface area contributed by atoms with Gasteiger partial charge in [-0.15, -0.1) is 10.2 Å². The molecule has 0 saturated carbocycles. The molecule has 1 aromatic heterocycles. The molecule has 0 unspecified atom stereocenters. The Morgan fingerprint density at radius 1 is 0.654 bits per heavy atom.